The van der Waals surface area contributed by atoms with Crippen LogP contribution in [-0.2, 0) is 9.47 Å². The zero-order chi connectivity index (χ0) is 18.2. The van der Waals surface area contributed by atoms with Gasteiger partial charge in [-0.1, -0.05) is 0 Å². The van der Waals surface area contributed by atoms with Gasteiger partial charge in [0.15, 0.2) is 0 Å². The van der Waals surface area contributed by atoms with Gasteiger partial charge < -0.3 is 24.1 Å². The van der Waals surface area contributed by atoms with Crippen molar-refractivity contribution in [2.75, 3.05) is 72.8 Å². The summed E-state index contributed by atoms with van der Waals surface area (Å²) in [5.41, 5.74) is 0. The van der Waals surface area contributed by atoms with Crippen LogP contribution in [0.25, 0.3) is 0 Å². The molecule has 0 aromatic heterocycles. The number of aliphatic hydroxyl groups excluding tert-OH is 1. The predicted octanol–water partition coefficient (Wildman–Crippen LogP) is 0.468. The van der Waals surface area contributed by atoms with Gasteiger partial charge in [0.2, 0.25) is 0 Å². The molecule has 0 spiro atoms. The number of hydrogen-bond donors (Lipinski definition) is 1. The molecule has 3 rings (SSSR count). The Morgan fingerprint density at radius 3 is 2.42 bits per heavy atom. The first kappa shape index (κ1) is 19.4. The standard InChI is InChI=1S/C19H30N2O5/c1-23-17-2-4-18(5-3-17)26-15-19-14-21(8-11-25-19)13-16(22)12-20-6-9-24-10-7-20/h2-5,16,19,22H,6-15H2,1H3/t16-,19-/m1/s1. The Bertz CT molecular complexity index is 521. The Hall–Kier alpha value is -1.38. The molecule has 2 aliphatic heterocycles. The van der Waals surface area contributed by atoms with Crippen molar-refractivity contribution < 1.29 is 24.1 Å². The van der Waals surface area contributed by atoms with E-state index in [-0.39, 0.29) is 12.2 Å². The van der Waals surface area contributed by atoms with Crippen LogP contribution < -0.4 is 9.47 Å². The molecule has 0 saturated carbocycles. The SMILES string of the molecule is COc1ccc(OC[C@H]2CN(C[C@H](O)CN3CCOCC3)CCO2)cc1. The number of hydrogen-bond acceptors (Lipinski definition) is 7. The number of methoxy groups -OCH3 is 1. The molecule has 26 heavy (non-hydrogen) atoms. The van der Waals surface area contributed by atoms with Gasteiger partial charge in [-0.3, -0.25) is 9.80 Å². The lowest BCUT2D eigenvalue weighted by Gasteiger charge is -2.35. The fourth-order valence-electron chi connectivity index (χ4n) is 3.35. The third-order valence-corrected chi connectivity index (χ3v) is 4.76. The van der Waals surface area contributed by atoms with E-state index in [1.165, 1.54) is 0 Å². The molecule has 1 aromatic rings. The first-order chi connectivity index (χ1) is 12.7. The zero-order valence-corrected chi connectivity index (χ0v) is 15.5. The summed E-state index contributed by atoms with van der Waals surface area (Å²) in [6, 6.07) is 7.55. The van der Waals surface area contributed by atoms with E-state index in [0.717, 1.165) is 50.9 Å². The lowest BCUT2D eigenvalue weighted by molar-refractivity contribution is -0.0615. The van der Waals surface area contributed by atoms with E-state index < -0.39 is 0 Å². The highest BCUT2D eigenvalue weighted by atomic mass is 16.5. The fourth-order valence-corrected chi connectivity index (χ4v) is 3.35. The lowest BCUT2D eigenvalue weighted by Crippen LogP contribution is -2.50. The van der Waals surface area contributed by atoms with Gasteiger partial charge in [-0.25, -0.2) is 0 Å². The summed E-state index contributed by atoms with van der Waals surface area (Å²) >= 11 is 0. The highest BCUT2D eigenvalue weighted by Crippen LogP contribution is 2.18. The largest absolute Gasteiger partial charge is 0.497 e. The molecule has 7 heteroatoms. The zero-order valence-electron chi connectivity index (χ0n) is 15.5. The smallest absolute Gasteiger partial charge is 0.119 e. The normalized spacial score (nSPS) is 23.5. The third kappa shape index (κ3) is 6.10. The van der Waals surface area contributed by atoms with Gasteiger partial charge in [-0.2, -0.15) is 0 Å². The second-order valence-corrected chi connectivity index (χ2v) is 6.81. The average Bonchev–Trinajstić information content (AvgIpc) is 2.68. The average molecular weight is 366 g/mol. The van der Waals surface area contributed by atoms with Crippen LogP contribution in [0.2, 0.25) is 0 Å². The van der Waals surface area contributed by atoms with Gasteiger partial charge >= 0.3 is 0 Å². The van der Waals surface area contributed by atoms with Crippen molar-refractivity contribution in [1.29, 1.82) is 0 Å². The topological polar surface area (TPSA) is 63.6 Å². The molecule has 2 atom stereocenters. The summed E-state index contributed by atoms with van der Waals surface area (Å²) in [4.78, 5) is 4.52. The van der Waals surface area contributed by atoms with Gasteiger partial charge in [-0.05, 0) is 24.3 Å². The van der Waals surface area contributed by atoms with E-state index in [2.05, 4.69) is 9.80 Å². The molecule has 1 aromatic carbocycles. The Morgan fingerprint density at radius 2 is 1.69 bits per heavy atom. The first-order valence-corrected chi connectivity index (χ1v) is 9.32. The number of morpholine rings is 2. The number of rotatable bonds is 8. The van der Waals surface area contributed by atoms with Crippen LogP contribution >= 0.6 is 0 Å². The Morgan fingerprint density at radius 1 is 1.04 bits per heavy atom. The van der Waals surface area contributed by atoms with E-state index in [1.54, 1.807) is 7.11 Å². The maximum atomic E-state index is 10.4. The molecule has 7 nitrogen and oxygen atoms in total. The van der Waals surface area contributed by atoms with Gasteiger partial charge in [0.05, 0.1) is 33.0 Å². The maximum absolute atomic E-state index is 10.4. The number of ether oxygens (including phenoxy) is 4. The second-order valence-electron chi connectivity index (χ2n) is 6.81. The molecule has 0 aliphatic carbocycles. The summed E-state index contributed by atoms with van der Waals surface area (Å²) in [6.45, 7) is 7.48. The predicted molar refractivity (Wildman–Crippen MR) is 97.9 cm³/mol. The van der Waals surface area contributed by atoms with Crippen LogP contribution in [0, 0.1) is 0 Å². The minimum atomic E-state index is -0.352. The molecule has 2 heterocycles. The summed E-state index contributed by atoms with van der Waals surface area (Å²) in [5.74, 6) is 1.62. The van der Waals surface area contributed by atoms with Crippen molar-refractivity contribution >= 4 is 0 Å². The molecule has 146 valence electrons. The van der Waals surface area contributed by atoms with E-state index in [4.69, 9.17) is 18.9 Å². The number of nitrogens with zero attached hydrogens (tertiary/aromatic N) is 2. The van der Waals surface area contributed by atoms with Crippen molar-refractivity contribution in [2.24, 2.45) is 0 Å². The third-order valence-electron chi connectivity index (χ3n) is 4.76. The molecule has 0 amide bonds. The van der Waals surface area contributed by atoms with Crippen LogP contribution in [0.3, 0.4) is 0 Å². The van der Waals surface area contributed by atoms with Crippen molar-refractivity contribution in [1.82, 2.24) is 9.80 Å². The van der Waals surface area contributed by atoms with Crippen molar-refractivity contribution in [2.45, 2.75) is 12.2 Å². The van der Waals surface area contributed by atoms with E-state index in [1.807, 2.05) is 24.3 Å². The van der Waals surface area contributed by atoms with Crippen molar-refractivity contribution in [3.8, 4) is 11.5 Å². The highest BCUT2D eigenvalue weighted by molar-refractivity contribution is 5.31. The summed E-state index contributed by atoms with van der Waals surface area (Å²) < 4.78 is 22.1. The Balaban J connectivity index is 1.38. The minimum absolute atomic E-state index is 0.0152. The highest BCUT2D eigenvalue weighted by Gasteiger charge is 2.24. The van der Waals surface area contributed by atoms with Crippen molar-refractivity contribution in [3.05, 3.63) is 24.3 Å². The molecule has 0 bridgehead atoms. The van der Waals surface area contributed by atoms with Gasteiger partial charge in [0.25, 0.3) is 0 Å². The van der Waals surface area contributed by atoms with Crippen LogP contribution in [0.15, 0.2) is 24.3 Å². The van der Waals surface area contributed by atoms with Gasteiger partial charge in [0, 0.05) is 39.3 Å². The second kappa shape index (κ2) is 10.1. The minimum Gasteiger partial charge on any atom is -0.497 e. The van der Waals surface area contributed by atoms with Crippen LogP contribution in [0.1, 0.15) is 0 Å². The molecule has 2 saturated heterocycles. The molecule has 2 fully saturated rings. The molecule has 0 radical (unpaired) electrons. The van der Waals surface area contributed by atoms with Crippen LogP contribution in [-0.4, -0.2) is 99.9 Å². The molecular formula is C19H30N2O5. The lowest BCUT2D eigenvalue weighted by atomic mass is 10.2. The Kier molecular flexibility index (Phi) is 7.52. The maximum Gasteiger partial charge on any atom is 0.119 e. The van der Waals surface area contributed by atoms with Crippen LogP contribution in [0.5, 0.6) is 11.5 Å². The summed E-state index contributed by atoms with van der Waals surface area (Å²) in [6.07, 6.45) is -0.337. The van der Waals surface area contributed by atoms with E-state index in [9.17, 15) is 5.11 Å². The van der Waals surface area contributed by atoms with Gasteiger partial charge in [0.1, 0.15) is 24.2 Å². The van der Waals surface area contributed by atoms with Gasteiger partial charge in [-0.15, -0.1) is 0 Å². The monoisotopic (exact) mass is 366 g/mol. The number of aliphatic hydroxyl groups is 1. The van der Waals surface area contributed by atoms with E-state index >= 15 is 0 Å². The van der Waals surface area contributed by atoms with Crippen molar-refractivity contribution in [3.63, 3.8) is 0 Å². The first-order valence-electron chi connectivity index (χ1n) is 9.32. The fraction of sp³-hybridized carbons (Fsp3) is 0.684. The summed E-state index contributed by atoms with van der Waals surface area (Å²) in [5, 5.41) is 10.4. The molecular weight excluding hydrogens is 336 g/mol. The Labute approximate surface area is 155 Å². The van der Waals surface area contributed by atoms with Crippen LogP contribution in [0.4, 0.5) is 0 Å². The number of benzene rings is 1. The summed E-state index contributed by atoms with van der Waals surface area (Å²) in [7, 11) is 1.65. The number of β-amino-alcohol motifs (C(OH)–C–C–N with tert-alkyl or cyclic N) is 1. The molecule has 0 unspecified atom stereocenters. The molecule has 2 aliphatic rings. The molecule has 1 N–H and O–H groups in total. The van der Waals surface area contributed by atoms with E-state index in [0.29, 0.717) is 26.3 Å². The quantitative estimate of drug-likeness (QED) is 0.717.